The van der Waals surface area contributed by atoms with E-state index in [1.165, 1.54) is 24.3 Å². The molecule has 0 aliphatic heterocycles. The second-order valence-corrected chi connectivity index (χ2v) is 6.40. The van der Waals surface area contributed by atoms with E-state index >= 15 is 0 Å². The van der Waals surface area contributed by atoms with Gasteiger partial charge in [0, 0.05) is 17.7 Å². The predicted octanol–water partition coefficient (Wildman–Crippen LogP) is 3.18. The van der Waals surface area contributed by atoms with Crippen molar-refractivity contribution < 1.29 is 19.2 Å². The number of nitrogens with one attached hydrogen (secondary N) is 2. The Morgan fingerprint density at radius 3 is 2.10 bits per heavy atom. The van der Waals surface area contributed by atoms with Gasteiger partial charge in [-0.3, -0.25) is 30.6 Å². The molecule has 0 bridgehead atoms. The molecule has 2 amide bonds. The fourth-order valence-electron chi connectivity index (χ4n) is 2.60. The normalized spacial score (nSPS) is 10.1. The van der Waals surface area contributed by atoms with Crippen LogP contribution >= 0.6 is 0 Å². The van der Waals surface area contributed by atoms with Crippen LogP contribution < -0.4 is 15.6 Å². The largest absolute Gasteiger partial charge is 0.489 e. The summed E-state index contributed by atoms with van der Waals surface area (Å²) in [5.41, 5.74) is 6.50. The van der Waals surface area contributed by atoms with E-state index in [2.05, 4.69) is 10.9 Å². The number of amides is 2. The minimum absolute atomic E-state index is 0.0198. The minimum atomic E-state index is -0.511. The van der Waals surface area contributed by atoms with Crippen molar-refractivity contribution >= 4 is 17.5 Å². The monoisotopic (exact) mass is 405 g/mol. The van der Waals surface area contributed by atoms with Gasteiger partial charge < -0.3 is 4.74 Å². The first-order valence-corrected chi connectivity index (χ1v) is 9.10. The highest BCUT2D eigenvalue weighted by Gasteiger charge is 2.10. The average molecular weight is 405 g/mol. The topological polar surface area (TPSA) is 111 Å². The highest BCUT2D eigenvalue weighted by atomic mass is 16.6. The molecular weight excluding hydrogens is 386 g/mol. The molecule has 0 radical (unpaired) electrons. The summed E-state index contributed by atoms with van der Waals surface area (Å²) in [4.78, 5) is 34.3. The molecule has 0 unspecified atom stereocenters. The van der Waals surface area contributed by atoms with Crippen LogP contribution in [0.3, 0.4) is 0 Å². The zero-order valence-electron chi connectivity index (χ0n) is 15.9. The van der Waals surface area contributed by atoms with E-state index in [1.807, 2.05) is 30.3 Å². The second kappa shape index (κ2) is 9.83. The maximum absolute atomic E-state index is 12.2. The van der Waals surface area contributed by atoms with Crippen molar-refractivity contribution in [3.05, 3.63) is 106 Å². The molecule has 0 atom stereocenters. The molecule has 8 nitrogen and oxygen atoms in total. The van der Waals surface area contributed by atoms with Gasteiger partial charge in [0.25, 0.3) is 11.6 Å². The van der Waals surface area contributed by atoms with Crippen molar-refractivity contribution in [1.82, 2.24) is 10.9 Å². The van der Waals surface area contributed by atoms with Crippen LogP contribution in [0.2, 0.25) is 0 Å². The van der Waals surface area contributed by atoms with Crippen molar-refractivity contribution in [2.24, 2.45) is 0 Å². The Kier molecular flexibility index (Phi) is 6.73. The molecule has 2 N–H and O–H groups in total. The third kappa shape index (κ3) is 5.90. The van der Waals surface area contributed by atoms with Crippen LogP contribution in [0, 0.1) is 10.1 Å². The van der Waals surface area contributed by atoms with Crippen LogP contribution in [0.1, 0.15) is 21.5 Å². The predicted molar refractivity (Wildman–Crippen MR) is 110 cm³/mol. The third-order valence-corrected chi connectivity index (χ3v) is 4.19. The fraction of sp³-hybridized carbons (Fsp3) is 0.0909. The van der Waals surface area contributed by atoms with E-state index in [4.69, 9.17) is 4.74 Å². The number of para-hydroxylation sites is 1. The summed E-state index contributed by atoms with van der Waals surface area (Å²) in [7, 11) is 0. The number of benzene rings is 3. The zero-order valence-corrected chi connectivity index (χ0v) is 15.9. The number of rotatable bonds is 7. The van der Waals surface area contributed by atoms with Crippen molar-refractivity contribution in [1.29, 1.82) is 0 Å². The lowest BCUT2D eigenvalue weighted by molar-refractivity contribution is -0.384. The molecule has 0 saturated carbocycles. The molecule has 3 aromatic carbocycles. The van der Waals surface area contributed by atoms with Crippen LogP contribution in [0.15, 0.2) is 78.9 Å². The molecule has 8 heteroatoms. The highest BCUT2D eigenvalue weighted by molar-refractivity contribution is 5.95. The van der Waals surface area contributed by atoms with E-state index in [9.17, 15) is 19.7 Å². The number of non-ortho nitro benzene ring substituents is 1. The smallest absolute Gasteiger partial charge is 0.269 e. The summed E-state index contributed by atoms with van der Waals surface area (Å²) >= 11 is 0. The minimum Gasteiger partial charge on any atom is -0.489 e. The molecular formula is C22H19N3O5. The number of carbonyl (C=O) groups is 2. The lowest BCUT2D eigenvalue weighted by Gasteiger charge is -2.09. The molecule has 0 aliphatic carbocycles. The molecule has 0 spiro atoms. The van der Waals surface area contributed by atoms with Gasteiger partial charge in [0.15, 0.2) is 0 Å². The third-order valence-electron chi connectivity index (χ3n) is 4.19. The molecule has 0 saturated heterocycles. The van der Waals surface area contributed by atoms with Crippen molar-refractivity contribution in [3.8, 4) is 5.75 Å². The number of nitro groups is 1. The Balaban J connectivity index is 1.45. The van der Waals surface area contributed by atoms with E-state index in [1.54, 1.807) is 24.3 Å². The number of hydrazine groups is 1. The van der Waals surface area contributed by atoms with E-state index in [0.29, 0.717) is 17.7 Å². The van der Waals surface area contributed by atoms with Crippen LogP contribution in [-0.2, 0) is 17.8 Å². The highest BCUT2D eigenvalue weighted by Crippen LogP contribution is 2.13. The standard InChI is InChI=1S/C22H19N3O5/c26-21(14-16-8-12-19(13-9-16)25(28)29)23-24-22(27)18-10-6-17(7-11-18)15-30-20-4-2-1-3-5-20/h1-13H,14-15H2,(H,23,26)(H,24,27). The quantitative estimate of drug-likeness (QED) is 0.463. The molecule has 0 fully saturated rings. The van der Waals surface area contributed by atoms with E-state index in [-0.39, 0.29) is 12.1 Å². The van der Waals surface area contributed by atoms with E-state index < -0.39 is 16.7 Å². The van der Waals surface area contributed by atoms with Crippen molar-refractivity contribution in [2.75, 3.05) is 0 Å². The first kappa shape index (κ1) is 20.5. The molecule has 3 aromatic rings. The lowest BCUT2D eigenvalue weighted by atomic mass is 10.1. The molecule has 0 aromatic heterocycles. The summed E-state index contributed by atoms with van der Waals surface area (Å²) in [6.07, 6.45) is -0.0198. The molecule has 0 aliphatic rings. The summed E-state index contributed by atoms with van der Waals surface area (Å²) < 4.78 is 5.65. The van der Waals surface area contributed by atoms with Crippen LogP contribution in [0.4, 0.5) is 5.69 Å². The Hall–Kier alpha value is -4.20. The number of nitro benzene ring substituents is 1. The van der Waals surface area contributed by atoms with Gasteiger partial charge in [0.1, 0.15) is 12.4 Å². The molecule has 0 heterocycles. The van der Waals surface area contributed by atoms with Gasteiger partial charge in [-0.15, -0.1) is 0 Å². The number of hydrogen-bond acceptors (Lipinski definition) is 5. The zero-order chi connectivity index (χ0) is 21.3. The fourth-order valence-corrected chi connectivity index (χ4v) is 2.60. The number of hydrogen-bond donors (Lipinski definition) is 2. The van der Waals surface area contributed by atoms with Gasteiger partial charge in [0.05, 0.1) is 11.3 Å². The summed E-state index contributed by atoms with van der Waals surface area (Å²) in [5.74, 6) is -0.136. The molecule has 3 rings (SSSR count). The number of carbonyl (C=O) groups excluding carboxylic acids is 2. The Morgan fingerprint density at radius 2 is 1.47 bits per heavy atom. The maximum atomic E-state index is 12.2. The molecule has 30 heavy (non-hydrogen) atoms. The second-order valence-electron chi connectivity index (χ2n) is 6.40. The van der Waals surface area contributed by atoms with Gasteiger partial charge in [-0.2, -0.15) is 0 Å². The SMILES string of the molecule is O=C(Cc1ccc([N+](=O)[O-])cc1)NNC(=O)c1ccc(COc2ccccc2)cc1. The summed E-state index contributed by atoms with van der Waals surface area (Å²) in [6, 6.07) is 21.9. The average Bonchev–Trinajstić information content (AvgIpc) is 2.77. The Morgan fingerprint density at radius 1 is 0.833 bits per heavy atom. The summed E-state index contributed by atoms with van der Waals surface area (Å²) in [5, 5.41) is 10.6. The molecule has 152 valence electrons. The first-order valence-electron chi connectivity index (χ1n) is 9.10. The van der Waals surface area contributed by atoms with Gasteiger partial charge >= 0.3 is 0 Å². The van der Waals surface area contributed by atoms with Gasteiger partial charge in [0.2, 0.25) is 5.91 Å². The maximum Gasteiger partial charge on any atom is 0.269 e. The number of nitrogens with zero attached hydrogens (tertiary/aromatic N) is 1. The van der Waals surface area contributed by atoms with Crippen LogP contribution in [0.25, 0.3) is 0 Å². The first-order chi connectivity index (χ1) is 14.5. The van der Waals surface area contributed by atoms with Gasteiger partial charge in [-0.05, 0) is 35.4 Å². The Bertz CT molecular complexity index is 1020. The lowest BCUT2D eigenvalue weighted by Crippen LogP contribution is -2.42. The van der Waals surface area contributed by atoms with Crippen molar-refractivity contribution in [2.45, 2.75) is 13.0 Å². The Labute approximate surface area is 172 Å². The summed E-state index contributed by atoms with van der Waals surface area (Å²) in [6.45, 7) is 0.373. The van der Waals surface area contributed by atoms with Crippen LogP contribution in [-0.4, -0.2) is 16.7 Å². The van der Waals surface area contributed by atoms with E-state index in [0.717, 1.165) is 11.3 Å². The van der Waals surface area contributed by atoms with Crippen LogP contribution in [0.5, 0.6) is 5.75 Å². The number of ether oxygens (including phenoxy) is 1. The van der Waals surface area contributed by atoms with Gasteiger partial charge in [-0.1, -0.05) is 42.5 Å². The van der Waals surface area contributed by atoms with Gasteiger partial charge in [-0.25, -0.2) is 0 Å². The van der Waals surface area contributed by atoms with Crippen molar-refractivity contribution in [3.63, 3.8) is 0 Å².